The summed E-state index contributed by atoms with van der Waals surface area (Å²) in [6.45, 7) is 2.99. The minimum Gasteiger partial charge on any atom is -0.324 e. The molecule has 8 nitrogen and oxygen atoms in total. The fraction of sp³-hybridized carbons (Fsp3) is 0.136. The van der Waals surface area contributed by atoms with Crippen molar-refractivity contribution in [1.29, 1.82) is 0 Å². The smallest absolute Gasteiger partial charge is 0.271 e. The van der Waals surface area contributed by atoms with Crippen molar-refractivity contribution in [3.8, 4) is 0 Å². The summed E-state index contributed by atoms with van der Waals surface area (Å²) in [6, 6.07) is 16.4. The number of nitrogens with zero attached hydrogens (tertiary/aromatic N) is 2. The Kier molecular flexibility index (Phi) is 6.81. The highest BCUT2D eigenvalue weighted by atomic mass is 35.5. The number of benzene rings is 3. The summed E-state index contributed by atoms with van der Waals surface area (Å²) in [5.74, 6) is -0.666. The van der Waals surface area contributed by atoms with Crippen LogP contribution in [0.15, 0.2) is 71.6 Å². The number of nitro benzene ring substituents is 1. The lowest BCUT2D eigenvalue weighted by Gasteiger charge is -2.26. The Balaban J connectivity index is 1.98. The van der Waals surface area contributed by atoms with Crippen LogP contribution in [0.3, 0.4) is 0 Å². The van der Waals surface area contributed by atoms with Crippen molar-refractivity contribution in [2.24, 2.45) is 0 Å². The van der Waals surface area contributed by atoms with Crippen LogP contribution >= 0.6 is 11.6 Å². The van der Waals surface area contributed by atoms with Gasteiger partial charge in [-0.3, -0.25) is 19.2 Å². The minimum absolute atomic E-state index is 0.0191. The van der Waals surface area contributed by atoms with Gasteiger partial charge >= 0.3 is 0 Å². The first-order chi connectivity index (χ1) is 15.1. The van der Waals surface area contributed by atoms with Crippen LogP contribution in [0.1, 0.15) is 11.1 Å². The number of amides is 1. The topological polar surface area (TPSA) is 110 Å². The maximum atomic E-state index is 13.5. The molecule has 0 radical (unpaired) electrons. The van der Waals surface area contributed by atoms with Gasteiger partial charge in [-0.05, 0) is 49.7 Å². The van der Waals surface area contributed by atoms with Crippen molar-refractivity contribution >= 4 is 44.6 Å². The normalized spacial score (nSPS) is 11.1. The Bertz CT molecular complexity index is 1280. The lowest BCUT2D eigenvalue weighted by Crippen LogP contribution is -2.38. The van der Waals surface area contributed by atoms with E-state index in [1.54, 1.807) is 31.2 Å². The predicted molar refractivity (Wildman–Crippen MR) is 124 cm³/mol. The summed E-state index contributed by atoms with van der Waals surface area (Å²) in [5, 5.41) is 13.8. The van der Waals surface area contributed by atoms with Gasteiger partial charge in [-0.2, -0.15) is 0 Å². The third kappa shape index (κ3) is 5.24. The van der Waals surface area contributed by atoms with E-state index in [9.17, 15) is 23.3 Å². The van der Waals surface area contributed by atoms with Crippen molar-refractivity contribution < 1.29 is 18.1 Å². The van der Waals surface area contributed by atoms with Crippen LogP contribution in [0.5, 0.6) is 0 Å². The highest BCUT2D eigenvalue weighted by Gasteiger charge is 2.28. The standard InChI is InChI=1S/C22H20ClN3O5S/c1-15-6-10-20(11-7-15)32(30,31)25(21-12-17(23)9-8-16(21)2)14-22(27)24-18-4-3-5-19(13-18)26(28)29/h3-13H,14H2,1-2H3,(H,24,27). The molecule has 0 aliphatic rings. The van der Waals surface area contributed by atoms with Crippen LogP contribution in [0.25, 0.3) is 0 Å². The quantitative estimate of drug-likeness (QED) is 0.395. The number of nitrogens with one attached hydrogen (secondary N) is 1. The summed E-state index contributed by atoms with van der Waals surface area (Å²) in [6.07, 6.45) is 0. The Labute approximate surface area is 190 Å². The fourth-order valence-electron chi connectivity index (χ4n) is 3.02. The van der Waals surface area contributed by atoms with E-state index in [0.29, 0.717) is 10.6 Å². The van der Waals surface area contributed by atoms with Gasteiger partial charge in [0, 0.05) is 22.8 Å². The van der Waals surface area contributed by atoms with Gasteiger partial charge in [0.05, 0.1) is 15.5 Å². The molecule has 0 bridgehead atoms. The molecule has 0 aliphatic heterocycles. The average molecular weight is 474 g/mol. The molecule has 1 amide bonds. The molecule has 0 spiro atoms. The van der Waals surface area contributed by atoms with Gasteiger partial charge in [0.25, 0.3) is 15.7 Å². The number of rotatable bonds is 7. The number of sulfonamides is 1. The summed E-state index contributed by atoms with van der Waals surface area (Å²) in [4.78, 5) is 23.2. The number of hydrogen-bond donors (Lipinski definition) is 1. The molecule has 0 saturated heterocycles. The maximum absolute atomic E-state index is 13.5. The maximum Gasteiger partial charge on any atom is 0.271 e. The van der Waals surface area contributed by atoms with Crippen LogP contribution < -0.4 is 9.62 Å². The Hall–Kier alpha value is -3.43. The number of halogens is 1. The van der Waals surface area contributed by atoms with Gasteiger partial charge in [-0.25, -0.2) is 8.42 Å². The van der Waals surface area contributed by atoms with E-state index in [1.165, 1.54) is 42.5 Å². The van der Waals surface area contributed by atoms with Crippen molar-refractivity contribution in [3.05, 3.63) is 93.0 Å². The summed E-state index contributed by atoms with van der Waals surface area (Å²) >= 11 is 6.11. The molecule has 0 heterocycles. The molecular weight excluding hydrogens is 454 g/mol. The van der Waals surface area contributed by atoms with Gasteiger partial charge < -0.3 is 5.32 Å². The second-order valence-electron chi connectivity index (χ2n) is 7.11. The molecule has 0 saturated carbocycles. The van der Waals surface area contributed by atoms with Gasteiger partial charge in [0.1, 0.15) is 6.54 Å². The van der Waals surface area contributed by atoms with Crippen molar-refractivity contribution in [2.45, 2.75) is 18.7 Å². The molecule has 3 aromatic carbocycles. The van der Waals surface area contributed by atoms with Gasteiger partial charge in [0.15, 0.2) is 0 Å². The first-order valence-corrected chi connectivity index (χ1v) is 11.3. The van der Waals surface area contributed by atoms with Crippen LogP contribution in [-0.4, -0.2) is 25.8 Å². The molecule has 0 fully saturated rings. The third-order valence-electron chi connectivity index (χ3n) is 4.68. The summed E-state index contributed by atoms with van der Waals surface area (Å²) in [5.41, 5.74) is 1.73. The fourth-order valence-corrected chi connectivity index (χ4v) is 4.66. The van der Waals surface area contributed by atoms with E-state index in [-0.39, 0.29) is 22.0 Å². The van der Waals surface area contributed by atoms with E-state index >= 15 is 0 Å². The number of anilines is 2. The largest absolute Gasteiger partial charge is 0.324 e. The van der Waals surface area contributed by atoms with Gasteiger partial charge in [-0.1, -0.05) is 41.4 Å². The number of carbonyl (C=O) groups is 1. The third-order valence-corrected chi connectivity index (χ3v) is 6.69. The molecule has 10 heteroatoms. The summed E-state index contributed by atoms with van der Waals surface area (Å²) in [7, 11) is -4.11. The highest BCUT2D eigenvalue weighted by molar-refractivity contribution is 7.92. The van der Waals surface area contributed by atoms with Crippen LogP contribution in [-0.2, 0) is 14.8 Å². The zero-order chi connectivity index (χ0) is 23.5. The number of hydrogen-bond acceptors (Lipinski definition) is 5. The van der Waals surface area contributed by atoms with Crippen LogP contribution in [0, 0.1) is 24.0 Å². The molecule has 3 rings (SSSR count). The van der Waals surface area contributed by atoms with E-state index in [0.717, 1.165) is 9.87 Å². The van der Waals surface area contributed by atoms with Crippen molar-refractivity contribution in [1.82, 2.24) is 0 Å². The number of non-ortho nitro benzene ring substituents is 1. The zero-order valence-electron chi connectivity index (χ0n) is 17.3. The molecular formula is C22H20ClN3O5S. The van der Waals surface area contributed by atoms with Crippen LogP contribution in [0.2, 0.25) is 5.02 Å². The molecule has 32 heavy (non-hydrogen) atoms. The Morgan fingerprint density at radius 2 is 1.75 bits per heavy atom. The second kappa shape index (κ2) is 9.37. The van der Waals surface area contributed by atoms with E-state index in [2.05, 4.69) is 5.32 Å². The van der Waals surface area contributed by atoms with E-state index < -0.39 is 27.4 Å². The molecule has 0 aromatic heterocycles. The Morgan fingerprint density at radius 1 is 1.06 bits per heavy atom. The Morgan fingerprint density at radius 3 is 2.41 bits per heavy atom. The molecule has 3 aromatic rings. The molecule has 0 unspecified atom stereocenters. The van der Waals surface area contributed by atoms with Crippen LogP contribution in [0.4, 0.5) is 17.1 Å². The lowest BCUT2D eigenvalue weighted by molar-refractivity contribution is -0.384. The zero-order valence-corrected chi connectivity index (χ0v) is 18.9. The summed E-state index contributed by atoms with van der Waals surface area (Å²) < 4.78 is 27.9. The highest BCUT2D eigenvalue weighted by Crippen LogP contribution is 2.30. The minimum atomic E-state index is -4.11. The molecule has 1 N–H and O–H groups in total. The average Bonchev–Trinajstić information content (AvgIpc) is 2.74. The van der Waals surface area contributed by atoms with E-state index in [1.807, 2.05) is 6.92 Å². The second-order valence-corrected chi connectivity index (χ2v) is 9.41. The van der Waals surface area contributed by atoms with Gasteiger partial charge in [-0.15, -0.1) is 0 Å². The number of aryl methyl sites for hydroxylation is 2. The monoisotopic (exact) mass is 473 g/mol. The SMILES string of the molecule is Cc1ccc(S(=O)(=O)N(CC(=O)Nc2cccc([N+](=O)[O-])c2)c2cc(Cl)ccc2C)cc1. The number of nitro groups is 1. The molecule has 166 valence electrons. The predicted octanol–water partition coefficient (Wildman–Crippen LogP) is 4.70. The van der Waals surface area contributed by atoms with E-state index in [4.69, 9.17) is 11.6 Å². The lowest BCUT2D eigenvalue weighted by atomic mass is 10.2. The van der Waals surface area contributed by atoms with Gasteiger partial charge in [0.2, 0.25) is 5.91 Å². The first-order valence-electron chi connectivity index (χ1n) is 9.48. The van der Waals surface area contributed by atoms with Crippen molar-refractivity contribution in [2.75, 3.05) is 16.2 Å². The molecule has 0 atom stereocenters. The van der Waals surface area contributed by atoms with Crippen molar-refractivity contribution in [3.63, 3.8) is 0 Å². The first kappa shape index (κ1) is 23.2. The number of carbonyl (C=O) groups excluding carboxylic acids is 1. The molecule has 0 aliphatic carbocycles.